The number of fused-ring (bicyclic) bond motifs is 5. The van der Waals surface area contributed by atoms with Crippen molar-refractivity contribution in [2.45, 2.75) is 46.4 Å². The van der Waals surface area contributed by atoms with Gasteiger partial charge in [0.1, 0.15) is 0 Å². The van der Waals surface area contributed by atoms with Gasteiger partial charge in [-0.15, -0.1) is 24.0 Å². The van der Waals surface area contributed by atoms with E-state index in [1.54, 1.807) is 0 Å². The van der Waals surface area contributed by atoms with Crippen LogP contribution in [0.15, 0.2) is 41.4 Å². The Bertz CT molecular complexity index is 887. The summed E-state index contributed by atoms with van der Waals surface area (Å²) in [4.78, 5) is 31.8. The summed E-state index contributed by atoms with van der Waals surface area (Å²) in [5, 5.41) is 6.51. The predicted octanol–water partition coefficient (Wildman–Crippen LogP) is 3.09. The van der Waals surface area contributed by atoms with Gasteiger partial charge in [-0.2, -0.15) is 0 Å². The summed E-state index contributed by atoms with van der Waals surface area (Å²) in [5.41, 5.74) is 2.23. The molecular weight excluding hydrogens is 531 g/mol. The summed E-state index contributed by atoms with van der Waals surface area (Å²) in [7, 11) is 0. The molecule has 2 fully saturated rings. The van der Waals surface area contributed by atoms with E-state index in [0.29, 0.717) is 32.2 Å². The molecule has 4 rings (SSSR count). The molecule has 4 unspecified atom stereocenters. The predicted molar refractivity (Wildman–Crippen MR) is 139 cm³/mol. The minimum Gasteiger partial charge on any atom is -0.374 e. The van der Waals surface area contributed by atoms with Crippen LogP contribution in [0.1, 0.15) is 38.3 Å². The van der Waals surface area contributed by atoms with Gasteiger partial charge in [-0.1, -0.05) is 36.4 Å². The molecule has 7 nitrogen and oxygen atoms in total. The lowest BCUT2D eigenvalue weighted by Crippen LogP contribution is -2.43. The average Bonchev–Trinajstić information content (AvgIpc) is 3.46. The highest BCUT2D eigenvalue weighted by Crippen LogP contribution is 2.52. The molecule has 1 saturated heterocycles. The molecule has 180 valence electrons. The molecule has 2 bridgehead atoms. The number of aliphatic imine (C=N–C) groups is 1. The average molecular weight is 566 g/mol. The van der Waals surface area contributed by atoms with Gasteiger partial charge in [0.2, 0.25) is 11.8 Å². The lowest BCUT2D eigenvalue weighted by atomic mass is 9.85. The Morgan fingerprint density at radius 3 is 2.42 bits per heavy atom. The fourth-order valence-electron chi connectivity index (χ4n) is 5.06. The fourth-order valence-corrected chi connectivity index (χ4v) is 5.06. The second kappa shape index (κ2) is 11.5. The number of nitrogens with one attached hydrogen (secondary N) is 2. The number of allylic oxidation sites excluding steroid dienone is 2. The number of likely N-dealkylation sites (tertiary alicyclic amines) is 1. The Labute approximate surface area is 213 Å². The Balaban J connectivity index is 0.00000306. The van der Waals surface area contributed by atoms with Crippen molar-refractivity contribution < 1.29 is 14.3 Å². The molecule has 1 aromatic carbocycles. The van der Waals surface area contributed by atoms with Gasteiger partial charge >= 0.3 is 0 Å². The van der Waals surface area contributed by atoms with Gasteiger partial charge in [0.25, 0.3) is 0 Å². The third-order valence-electron chi connectivity index (χ3n) is 6.53. The Morgan fingerprint density at radius 1 is 1.12 bits per heavy atom. The number of ether oxygens (including phenoxy) is 1. The van der Waals surface area contributed by atoms with Gasteiger partial charge in [-0.25, -0.2) is 4.99 Å². The van der Waals surface area contributed by atoms with Crippen LogP contribution in [-0.4, -0.2) is 48.4 Å². The van der Waals surface area contributed by atoms with Crippen LogP contribution in [0.3, 0.4) is 0 Å². The smallest absolute Gasteiger partial charge is 0.233 e. The van der Waals surface area contributed by atoms with Gasteiger partial charge in [0.05, 0.1) is 31.1 Å². The van der Waals surface area contributed by atoms with Crippen molar-refractivity contribution in [2.75, 3.05) is 19.6 Å². The van der Waals surface area contributed by atoms with Crippen LogP contribution < -0.4 is 10.6 Å². The molecule has 0 spiro atoms. The van der Waals surface area contributed by atoms with Gasteiger partial charge < -0.3 is 15.4 Å². The lowest BCUT2D eigenvalue weighted by molar-refractivity contribution is -0.140. The third-order valence-corrected chi connectivity index (χ3v) is 6.53. The van der Waals surface area contributed by atoms with Crippen molar-refractivity contribution in [3.8, 4) is 0 Å². The first kappa shape index (κ1) is 25.7. The van der Waals surface area contributed by atoms with Crippen LogP contribution in [-0.2, 0) is 27.5 Å². The number of hydrogen-bond acceptors (Lipinski definition) is 4. The van der Waals surface area contributed by atoms with Gasteiger partial charge in [0, 0.05) is 19.6 Å². The fraction of sp³-hybridized carbons (Fsp3) is 0.560. The topological polar surface area (TPSA) is 83.0 Å². The second-order valence-corrected chi connectivity index (χ2v) is 9.13. The number of halogens is 1. The lowest BCUT2D eigenvalue weighted by Gasteiger charge is -2.18. The maximum Gasteiger partial charge on any atom is 0.233 e. The zero-order valence-electron chi connectivity index (χ0n) is 19.6. The van der Waals surface area contributed by atoms with Crippen LogP contribution in [0.4, 0.5) is 0 Å². The van der Waals surface area contributed by atoms with Crippen LogP contribution in [0, 0.1) is 23.7 Å². The highest BCUT2D eigenvalue weighted by molar-refractivity contribution is 14.0. The van der Waals surface area contributed by atoms with Gasteiger partial charge in [-0.05, 0) is 50.2 Å². The molecule has 4 atom stereocenters. The minimum absolute atomic E-state index is 0. The van der Waals surface area contributed by atoms with E-state index in [1.165, 1.54) is 4.90 Å². The molecule has 8 heteroatoms. The molecule has 0 radical (unpaired) electrons. The number of hydrogen-bond donors (Lipinski definition) is 2. The molecular formula is C25H35IN4O3. The van der Waals surface area contributed by atoms with Crippen molar-refractivity contribution in [3.05, 3.63) is 47.5 Å². The quantitative estimate of drug-likeness (QED) is 0.158. The minimum atomic E-state index is -0.133. The monoisotopic (exact) mass is 566 g/mol. The molecule has 3 aliphatic rings. The third kappa shape index (κ3) is 5.77. The summed E-state index contributed by atoms with van der Waals surface area (Å²) >= 11 is 0. The molecule has 2 amide bonds. The molecule has 2 aliphatic carbocycles. The molecule has 33 heavy (non-hydrogen) atoms. The SMILES string of the molecule is CCNC(=NCc1cccc(COC(C)C)c1)NCCN1C(=O)C2C3C=CC(C3)C2C1=O.I. The maximum absolute atomic E-state index is 12.8. The Morgan fingerprint density at radius 2 is 1.79 bits per heavy atom. The van der Waals surface area contributed by atoms with Crippen molar-refractivity contribution in [1.29, 1.82) is 0 Å². The molecule has 1 heterocycles. The maximum atomic E-state index is 12.8. The first-order chi connectivity index (χ1) is 15.5. The van der Waals surface area contributed by atoms with Crippen LogP contribution in [0.2, 0.25) is 0 Å². The molecule has 1 aliphatic heterocycles. The standard InChI is InChI=1S/C25H34N4O3.HI/c1-4-26-25(28-14-17-6-5-7-18(12-17)15-32-16(2)3)27-10-11-29-23(30)21-19-8-9-20(13-19)22(21)24(29)31;/h5-9,12,16,19-22H,4,10-11,13-15H2,1-3H3,(H2,26,27,28);1H. The van der Waals surface area contributed by atoms with E-state index in [9.17, 15) is 9.59 Å². The highest BCUT2D eigenvalue weighted by atomic mass is 127. The van der Waals surface area contributed by atoms with E-state index in [0.717, 1.165) is 24.1 Å². The summed E-state index contributed by atoms with van der Waals surface area (Å²) in [6.07, 6.45) is 5.40. The van der Waals surface area contributed by atoms with Crippen molar-refractivity contribution in [2.24, 2.45) is 28.7 Å². The number of guanidine groups is 1. The van der Waals surface area contributed by atoms with E-state index < -0.39 is 0 Å². The zero-order chi connectivity index (χ0) is 22.7. The van der Waals surface area contributed by atoms with E-state index >= 15 is 0 Å². The first-order valence-electron chi connectivity index (χ1n) is 11.7. The number of rotatable bonds is 9. The van der Waals surface area contributed by atoms with E-state index in [2.05, 4.69) is 46.0 Å². The van der Waals surface area contributed by atoms with Crippen molar-refractivity contribution in [3.63, 3.8) is 0 Å². The van der Waals surface area contributed by atoms with E-state index in [4.69, 9.17) is 4.74 Å². The first-order valence-corrected chi connectivity index (χ1v) is 11.7. The second-order valence-electron chi connectivity index (χ2n) is 9.13. The number of carbonyl (C=O) groups excluding carboxylic acids is 2. The number of nitrogens with zero attached hydrogens (tertiary/aromatic N) is 2. The van der Waals surface area contributed by atoms with Crippen LogP contribution in [0.25, 0.3) is 0 Å². The number of benzene rings is 1. The molecule has 1 saturated carbocycles. The summed E-state index contributed by atoms with van der Waals surface area (Å²) < 4.78 is 5.69. The summed E-state index contributed by atoms with van der Waals surface area (Å²) in [6, 6.07) is 8.24. The van der Waals surface area contributed by atoms with Gasteiger partial charge in [-0.3, -0.25) is 14.5 Å². The molecule has 2 N–H and O–H groups in total. The Kier molecular flexibility index (Phi) is 8.92. The normalized spacial score (nSPS) is 25.6. The van der Waals surface area contributed by atoms with Crippen molar-refractivity contribution >= 4 is 41.8 Å². The van der Waals surface area contributed by atoms with Gasteiger partial charge in [0.15, 0.2) is 5.96 Å². The number of carbonyl (C=O) groups is 2. The Hall–Kier alpha value is -1.94. The number of amides is 2. The molecule has 0 aromatic heterocycles. The van der Waals surface area contributed by atoms with E-state index in [1.807, 2.05) is 26.8 Å². The number of imide groups is 1. The highest BCUT2D eigenvalue weighted by Gasteiger charge is 2.58. The summed E-state index contributed by atoms with van der Waals surface area (Å²) in [6.45, 7) is 8.77. The van der Waals surface area contributed by atoms with Crippen LogP contribution in [0.5, 0.6) is 0 Å². The van der Waals surface area contributed by atoms with E-state index in [-0.39, 0.29) is 65.6 Å². The van der Waals surface area contributed by atoms with Crippen molar-refractivity contribution in [1.82, 2.24) is 15.5 Å². The largest absolute Gasteiger partial charge is 0.374 e. The molecule has 1 aromatic rings. The summed E-state index contributed by atoms with van der Waals surface area (Å²) in [5.74, 6) is 0.914. The zero-order valence-corrected chi connectivity index (χ0v) is 22.0. The van der Waals surface area contributed by atoms with Crippen LogP contribution >= 0.6 is 24.0 Å².